The van der Waals surface area contributed by atoms with Crippen LogP contribution in [0.4, 0.5) is 5.82 Å². The number of rotatable bonds is 6. The number of aliphatic hydroxyl groups is 1. The molecule has 1 fully saturated rings. The molecule has 1 aliphatic heterocycles. The highest BCUT2D eigenvalue weighted by atomic mass is 16.3. The van der Waals surface area contributed by atoms with Crippen LogP contribution in [-0.4, -0.2) is 79.6 Å². The molecule has 0 bridgehead atoms. The largest absolute Gasteiger partial charge is 0.395 e. The number of hydrogen-bond donors (Lipinski definition) is 2. The molecular formula is C25H27N9O2. The number of anilines is 1. The van der Waals surface area contributed by atoms with E-state index in [2.05, 4.69) is 31.3 Å². The van der Waals surface area contributed by atoms with Gasteiger partial charge in [-0.1, -0.05) is 12.1 Å². The summed E-state index contributed by atoms with van der Waals surface area (Å²) in [4.78, 5) is 22.0. The Balaban J connectivity index is 1.49. The molecule has 0 saturated carbocycles. The SMILES string of the molecule is CN1CCN(c2cc(C(=O)NCc3ccc(C#N)cc3)nc3cc(-c4ccnn4C)nn23)C[C@@H]1CO. The van der Waals surface area contributed by atoms with Gasteiger partial charge in [-0.05, 0) is 30.8 Å². The number of aryl methyl sites for hydroxylation is 1. The van der Waals surface area contributed by atoms with Gasteiger partial charge in [-0.2, -0.15) is 20.0 Å². The Kier molecular flexibility index (Phi) is 6.37. The molecule has 4 aromatic rings. The standard InChI is InChI=1S/C25H27N9O2/c1-31-9-10-33(15-19(31)16-35)24-12-21(25(36)27-14-18-5-3-17(13-26)4-6-18)29-23-11-20(30-34(23)24)22-7-8-28-32(22)2/h3-8,11-12,19,35H,9-10,14-16H2,1-2H3,(H,27,36)/t19-/m1/s1. The molecule has 4 heterocycles. The summed E-state index contributed by atoms with van der Waals surface area (Å²) in [6.07, 6.45) is 1.71. The van der Waals surface area contributed by atoms with Crippen molar-refractivity contribution in [3.63, 3.8) is 0 Å². The molecule has 0 spiro atoms. The van der Waals surface area contributed by atoms with Crippen LogP contribution in [0.1, 0.15) is 21.6 Å². The number of carbonyl (C=O) groups is 1. The second-order valence-corrected chi connectivity index (χ2v) is 8.89. The van der Waals surface area contributed by atoms with Crippen molar-refractivity contribution in [3.8, 4) is 17.5 Å². The van der Waals surface area contributed by atoms with Crippen LogP contribution in [0.2, 0.25) is 0 Å². The minimum atomic E-state index is -0.306. The lowest BCUT2D eigenvalue weighted by Crippen LogP contribution is -2.53. The Hall–Kier alpha value is -4.27. The number of benzene rings is 1. The van der Waals surface area contributed by atoms with Gasteiger partial charge < -0.3 is 15.3 Å². The van der Waals surface area contributed by atoms with Gasteiger partial charge in [0, 0.05) is 51.6 Å². The van der Waals surface area contributed by atoms with Crippen LogP contribution < -0.4 is 10.2 Å². The summed E-state index contributed by atoms with van der Waals surface area (Å²) in [5.41, 5.74) is 3.82. The zero-order chi connectivity index (χ0) is 25.2. The van der Waals surface area contributed by atoms with E-state index in [0.29, 0.717) is 30.0 Å². The van der Waals surface area contributed by atoms with Crippen LogP contribution in [0, 0.1) is 11.3 Å². The average molecular weight is 486 g/mol. The first-order valence-electron chi connectivity index (χ1n) is 11.7. The molecule has 5 rings (SSSR count). The zero-order valence-electron chi connectivity index (χ0n) is 20.2. The van der Waals surface area contributed by atoms with Gasteiger partial charge in [-0.25, -0.2) is 4.98 Å². The maximum absolute atomic E-state index is 13.1. The molecule has 0 unspecified atom stereocenters. The van der Waals surface area contributed by atoms with Gasteiger partial charge in [0.1, 0.15) is 17.2 Å². The number of nitriles is 1. The van der Waals surface area contributed by atoms with Crippen molar-refractivity contribution in [2.45, 2.75) is 12.6 Å². The molecule has 0 radical (unpaired) electrons. The highest BCUT2D eigenvalue weighted by molar-refractivity contribution is 5.93. The van der Waals surface area contributed by atoms with E-state index in [0.717, 1.165) is 30.2 Å². The first kappa shape index (κ1) is 23.5. The van der Waals surface area contributed by atoms with E-state index in [1.165, 1.54) is 0 Å². The zero-order valence-corrected chi connectivity index (χ0v) is 20.2. The fraction of sp³-hybridized carbons (Fsp3) is 0.320. The Labute approximate surface area is 208 Å². The number of aromatic nitrogens is 5. The Bertz CT molecular complexity index is 1430. The number of aliphatic hydroxyl groups excluding tert-OH is 1. The Morgan fingerprint density at radius 2 is 2.00 bits per heavy atom. The van der Waals surface area contributed by atoms with Crippen LogP contribution >= 0.6 is 0 Å². The van der Waals surface area contributed by atoms with Crippen molar-refractivity contribution in [1.82, 2.24) is 34.6 Å². The van der Waals surface area contributed by atoms with E-state index >= 15 is 0 Å². The quantitative estimate of drug-likeness (QED) is 0.415. The topological polar surface area (TPSA) is 128 Å². The molecule has 11 nitrogen and oxygen atoms in total. The normalized spacial score (nSPS) is 16.3. The van der Waals surface area contributed by atoms with Gasteiger partial charge in [0.2, 0.25) is 0 Å². The van der Waals surface area contributed by atoms with Crippen LogP contribution in [0.15, 0.2) is 48.7 Å². The average Bonchev–Trinajstić information content (AvgIpc) is 3.53. The van der Waals surface area contributed by atoms with Gasteiger partial charge in [0.25, 0.3) is 5.91 Å². The summed E-state index contributed by atoms with van der Waals surface area (Å²) >= 11 is 0. The molecule has 1 atom stereocenters. The van der Waals surface area contributed by atoms with Gasteiger partial charge in [-0.3, -0.25) is 14.4 Å². The van der Waals surface area contributed by atoms with Crippen molar-refractivity contribution in [2.24, 2.45) is 7.05 Å². The molecule has 2 N–H and O–H groups in total. The summed E-state index contributed by atoms with van der Waals surface area (Å²) < 4.78 is 3.49. The molecule has 1 amide bonds. The smallest absolute Gasteiger partial charge is 0.270 e. The van der Waals surface area contributed by atoms with Crippen LogP contribution in [0.3, 0.4) is 0 Å². The van der Waals surface area contributed by atoms with E-state index in [4.69, 9.17) is 10.4 Å². The number of likely N-dealkylation sites (N-methyl/N-ethyl adjacent to an activating group) is 1. The number of amides is 1. The lowest BCUT2D eigenvalue weighted by molar-refractivity contribution is 0.0946. The second-order valence-electron chi connectivity index (χ2n) is 8.89. The summed E-state index contributed by atoms with van der Waals surface area (Å²) in [5.74, 6) is 0.433. The number of nitrogens with zero attached hydrogens (tertiary/aromatic N) is 8. The summed E-state index contributed by atoms with van der Waals surface area (Å²) in [5, 5.41) is 30.8. The third-order valence-corrected chi connectivity index (χ3v) is 6.57. The first-order valence-corrected chi connectivity index (χ1v) is 11.7. The van der Waals surface area contributed by atoms with Crippen molar-refractivity contribution in [2.75, 3.05) is 38.2 Å². The number of hydrogen-bond acceptors (Lipinski definition) is 8. The van der Waals surface area contributed by atoms with E-state index in [1.807, 2.05) is 38.4 Å². The van der Waals surface area contributed by atoms with Gasteiger partial charge in [-0.15, -0.1) is 0 Å². The molecule has 11 heteroatoms. The molecule has 184 valence electrons. The lowest BCUT2D eigenvalue weighted by atomic mass is 10.1. The van der Waals surface area contributed by atoms with Gasteiger partial charge in [0.15, 0.2) is 5.65 Å². The van der Waals surface area contributed by atoms with Crippen LogP contribution in [0.25, 0.3) is 17.0 Å². The minimum Gasteiger partial charge on any atom is -0.395 e. The highest BCUT2D eigenvalue weighted by Crippen LogP contribution is 2.25. The van der Waals surface area contributed by atoms with E-state index in [1.54, 1.807) is 33.6 Å². The lowest BCUT2D eigenvalue weighted by Gasteiger charge is -2.39. The highest BCUT2D eigenvalue weighted by Gasteiger charge is 2.27. The molecule has 1 aromatic carbocycles. The second kappa shape index (κ2) is 9.77. The van der Waals surface area contributed by atoms with E-state index < -0.39 is 0 Å². The fourth-order valence-corrected chi connectivity index (χ4v) is 4.37. The first-order chi connectivity index (χ1) is 17.5. The minimum absolute atomic E-state index is 0.0252. The maximum atomic E-state index is 13.1. The molecule has 1 aliphatic rings. The molecule has 1 saturated heterocycles. The number of fused-ring (bicyclic) bond motifs is 1. The summed E-state index contributed by atoms with van der Waals surface area (Å²) in [6, 6.07) is 14.6. The predicted octanol–water partition coefficient (Wildman–Crippen LogP) is 1.04. The maximum Gasteiger partial charge on any atom is 0.270 e. The number of nitrogens with one attached hydrogen (secondary N) is 1. The van der Waals surface area contributed by atoms with E-state index in [-0.39, 0.29) is 24.2 Å². The van der Waals surface area contributed by atoms with Gasteiger partial charge in [0.05, 0.1) is 30.0 Å². The van der Waals surface area contributed by atoms with Crippen LogP contribution in [-0.2, 0) is 13.6 Å². The van der Waals surface area contributed by atoms with Crippen molar-refractivity contribution in [1.29, 1.82) is 5.26 Å². The number of carbonyl (C=O) groups excluding carboxylic acids is 1. The predicted molar refractivity (Wildman–Crippen MR) is 133 cm³/mol. The summed E-state index contributed by atoms with van der Waals surface area (Å²) in [6.45, 7) is 2.44. The monoisotopic (exact) mass is 485 g/mol. The Morgan fingerprint density at radius 1 is 1.19 bits per heavy atom. The summed E-state index contributed by atoms with van der Waals surface area (Å²) in [7, 11) is 3.85. The van der Waals surface area contributed by atoms with Crippen molar-refractivity contribution in [3.05, 3.63) is 65.5 Å². The van der Waals surface area contributed by atoms with E-state index in [9.17, 15) is 9.90 Å². The van der Waals surface area contributed by atoms with Crippen molar-refractivity contribution >= 4 is 17.4 Å². The Morgan fingerprint density at radius 3 is 2.69 bits per heavy atom. The molecule has 36 heavy (non-hydrogen) atoms. The fourth-order valence-electron chi connectivity index (χ4n) is 4.37. The number of piperazine rings is 1. The molecule has 0 aliphatic carbocycles. The van der Waals surface area contributed by atoms with Crippen molar-refractivity contribution < 1.29 is 9.90 Å². The molecule has 3 aromatic heterocycles. The third-order valence-electron chi connectivity index (χ3n) is 6.57. The van der Waals surface area contributed by atoms with Crippen LogP contribution in [0.5, 0.6) is 0 Å². The van der Waals surface area contributed by atoms with Gasteiger partial charge >= 0.3 is 0 Å². The molecular weight excluding hydrogens is 458 g/mol. The third kappa shape index (κ3) is 4.51.